The topological polar surface area (TPSA) is 70.6 Å². The van der Waals surface area contributed by atoms with E-state index in [0.29, 0.717) is 34.2 Å². The molecule has 2 aliphatic heterocycles. The Balaban J connectivity index is 1.44. The molecule has 11 heteroatoms. The number of aromatic nitrogens is 2. The molecule has 0 bridgehead atoms. The summed E-state index contributed by atoms with van der Waals surface area (Å²) >= 11 is 6.16. The number of nitrogens with zero attached hydrogens (tertiary/aromatic N) is 4. The Morgan fingerprint density at radius 2 is 2.06 bits per heavy atom. The van der Waals surface area contributed by atoms with Gasteiger partial charge >= 0.3 is 6.18 Å². The number of anilines is 2. The Morgan fingerprint density at radius 1 is 1.28 bits per heavy atom. The van der Waals surface area contributed by atoms with Gasteiger partial charge in [-0.3, -0.25) is 4.79 Å². The zero-order valence-corrected chi connectivity index (χ0v) is 18.2. The third-order valence-corrected chi connectivity index (χ3v) is 7.02. The van der Waals surface area contributed by atoms with Gasteiger partial charge in [-0.25, -0.2) is 4.98 Å². The minimum atomic E-state index is -4.44. The van der Waals surface area contributed by atoms with Crippen molar-refractivity contribution in [2.24, 2.45) is 0 Å². The molecule has 1 saturated carbocycles. The summed E-state index contributed by atoms with van der Waals surface area (Å²) in [4.78, 5) is 25.6. The number of hydrogen-bond acceptors (Lipinski definition) is 6. The monoisotopic (exact) mass is 469 g/mol. The normalized spacial score (nSPS) is 28.1. The summed E-state index contributed by atoms with van der Waals surface area (Å²) < 4.78 is 45.0. The predicted molar refractivity (Wildman–Crippen MR) is 114 cm³/mol. The first kappa shape index (κ1) is 21.5. The van der Waals surface area contributed by atoms with Crippen molar-refractivity contribution >= 4 is 40.2 Å². The lowest BCUT2D eigenvalue weighted by Crippen LogP contribution is -2.60. The molecule has 5 rings (SSSR count). The van der Waals surface area contributed by atoms with Gasteiger partial charge in [-0.05, 0) is 31.0 Å². The van der Waals surface area contributed by atoms with Crippen LogP contribution in [0.4, 0.5) is 24.9 Å². The number of rotatable bonds is 4. The summed E-state index contributed by atoms with van der Waals surface area (Å²) in [6.45, 7) is 1.59. The summed E-state index contributed by atoms with van der Waals surface area (Å²) in [6, 6.07) is 4.81. The molecule has 3 fully saturated rings. The Hall–Kier alpha value is -2.33. The average Bonchev–Trinajstić information content (AvgIpc) is 3.18. The molecule has 3 aliphatic rings. The highest BCUT2D eigenvalue weighted by atomic mass is 35.5. The lowest BCUT2D eigenvalue weighted by Gasteiger charge is -2.47. The molecular formula is C21H23ClF3N5O2. The van der Waals surface area contributed by atoms with E-state index in [0.717, 1.165) is 26.5 Å². The summed E-state index contributed by atoms with van der Waals surface area (Å²) in [5.41, 5.74) is -1.53. The number of halogens is 4. The fourth-order valence-corrected chi connectivity index (χ4v) is 5.14. The zero-order valence-electron chi connectivity index (χ0n) is 17.5. The number of benzene rings is 1. The molecule has 172 valence electrons. The minimum Gasteiger partial charge on any atom is -0.369 e. The number of alkyl halides is 3. The van der Waals surface area contributed by atoms with Crippen molar-refractivity contribution in [1.29, 1.82) is 0 Å². The van der Waals surface area contributed by atoms with E-state index < -0.39 is 17.8 Å². The van der Waals surface area contributed by atoms with Crippen LogP contribution in [-0.2, 0) is 9.53 Å². The first-order valence-corrected chi connectivity index (χ1v) is 11.0. The number of hydrogen-bond donors (Lipinski definition) is 1. The van der Waals surface area contributed by atoms with E-state index >= 15 is 0 Å². The van der Waals surface area contributed by atoms with E-state index in [1.54, 1.807) is 18.2 Å². The Bertz CT molecular complexity index is 1060. The summed E-state index contributed by atoms with van der Waals surface area (Å²) in [5.74, 6) is 0.836. The lowest BCUT2D eigenvalue weighted by molar-refractivity contribution is -0.298. The maximum atomic E-state index is 13.4. The van der Waals surface area contributed by atoms with E-state index in [2.05, 4.69) is 15.3 Å². The van der Waals surface area contributed by atoms with Crippen LogP contribution >= 0.6 is 11.6 Å². The van der Waals surface area contributed by atoms with Crippen LogP contribution in [-0.4, -0.2) is 71.4 Å². The number of carbonyl (C=O) groups excluding carboxylic acids is 1. The fraction of sp³-hybridized carbons (Fsp3) is 0.571. The number of piperazine rings is 1. The maximum absolute atomic E-state index is 13.4. The number of fused-ring (bicyclic) bond motifs is 2. The standard InChI is InChI=1S/C21H23ClF3N5O2/c1-32-20(21(23,24)25)8-13(9-20)26-18-15-7-12(22)4-5-16(15)27-19(28-18)29-10-14-3-2-6-30(14)17(31)11-29/h4-5,7,13-14H,2-3,6,8-11H2,1H3,(H,26,27,28). The van der Waals surface area contributed by atoms with Crippen LogP contribution in [0.3, 0.4) is 0 Å². The molecule has 1 N–H and O–H groups in total. The molecule has 1 amide bonds. The summed E-state index contributed by atoms with van der Waals surface area (Å²) in [6.07, 6.45) is -2.95. The Morgan fingerprint density at radius 3 is 2.78 bits per heavy atom. The number of carbonyl (C=O) groups is 1. The van der Waals surface area contributed by atoms with Crippen LogP contribution in [0, 0.1) is 0 Å². The first-order valence-electron chi connectivity index (χ1n) is 10.6. The van der Waals surface area contributed by atoms with Crippen LogP contribution in [0.15, 0.2) is 18.2 Å². The second-order valence-electron chi connectivity index (χ2n) is 8.74. The predicted octanol–water partition coefficient (Wildman–Crippen LogP) is 3.62. The van der Waals surface area contributed by atoms with Crippen LogP contribution in [0.1, 0.15) is 25.7 Å². The third-order valence-electron chi connectivity index (χ3n) is 6.78. The zero-order chi connectivity index (χ0) is 22.7. The molecule has 0 radical (unpaired) electrons. The number of methoxy groups -OCH3 is 1. The molecule has 32 heavy (non-hydrogen) atoms. The maximum Gasteiger partial charge on any atom is 0.417 e. The average molecular weight is 470 g/mol. The SMILES string of the molecule is COC1(C(F)(F)F)CC(Nc2nc(N3CC(=O)N4CCCC4C3)nc3ccc(Cl)cc23)C1. The molecule has 1 aliphatic carbocycles. The van der Waals surface area contributed by atoms with Gasteiger partial charge in [0.25, 0.3) is 0 Å². The molecular weight excluding hydrogens is 447 g/mol. The molecule has 2 aromatic rings. The Kier molecular flexibility index (Phi) is 5.12. The van der Waals surface area contributed by atoms with Gasteiger partial charge in [0.2, 0.25) is 11.9 Å². The molecule has 1 aromatic heterocycles. The Labute approximate surface area is 187 Å². The van der Waals surface area contributed by atoms with E-state index in [4.69, 9.17) is 16.3 Å². The molecule has 1 aromatic carbocycles. The lowest BCUT2D eigenvalue weighted by atomic mass is 9.74. The highest BCUT2D eigenvalue weighted by molar-refractivity contribution is 6.31. The van der Waals surface area contributed by atoms with Gasteiger partial charge in [-0.1, -0.05) is 11.6 Å². The fourth-order valence-electron chi connectivity index (χ4n) is 4.96. The molecule has 1 unspecified atom stereocenters. The van der Waals surface area contributed by atoms with E-state index in [9.17, 15) is 18.0 Å². The largest absolute Gasteiger partial charge is 0.417 e. The quantitative estimate of drug-likeness (QED) is 0.737. The third kappa shape index (κ3) is 3.53. The van der Waals surface area contributed by atoms with Gasteiger partial charge in [0.1, 0.15) is 12.4 Å². The van der Waals surface area contributed by atoms with Crippen molar-refractivity contribution in [3.8, 4) is 0 Å². The summed E-state index contributed by atoms with van der Waals surface area (Å²) in [5, 5.41) is 4.23. The van der Waals surface area contributed by atoms with Crippen molar-refractivity contribution in [3.05, 3.63) is 23.2 Å². The van der Waals surface area contributed by atoms with Gasteiger partial charge in [-0.2, -0.15) is 18.2 Å². The van der Waals surface area contributed by atoms with Crippen LogP contribution in [0.5, 0.6) is 0 Å². The number of amides is 1. The van der Waals surface area contributed by atoms with Crippen LogP contribution < -0.4 is 10.2 Å². The second-order valence-corrected chi connectivity index (χ2v) is 9.18. The minimum absolute atomic E-state index is 0.0436. The van der Waals surface area contributed by atoms with E-state index in [1.165, 1.54) is 0 Å². The van der Waals surface area contributed by atoms with Gasteiger partial charge in [0, 0.05) is 55.5 Å². The van der Waals surface area contributed by atoms with Crippen molar-refractivity contribution in [3.63, 3.8) is 0 Å². The van der Waals surface area contributed by atoms with E-state index in [-0.39, 0.29) is 31.3 Å². The number of nitrogens with one attached hydrogen (secondary N) is 1. The second kappa shape index (κ2) is 7.62. The molecule has 2 saturated heterocycles. The molecule has 0 spiro atoms. The van der Waals surface area contributed by atoms with Gasteiger partial charge in [0.15, 0.2) is 5.60 Å². The van der Waals surface area contributed by atoms with Gasteiger partial charge in [-0.15, -0.1) is 0 Å². The molecule has 1 atom stereocenters. The van der Waals surface area contributed by atoms with Crippen molar-refractivity contribution in [1.82, 2.24) is 14.9 Å². The highest BCUT2D eigenvalue weighted by Gasteiger charge is 2.63. The van der Waals surface area contributed by atoms with Crippen LogP contribution in [0.2, 0.25) is 5.02 Å². The molecule has 3 heterocycles. The van der Waals surface area contributed by atoms with E-state index in [1.807, 2.05) is 9.80 Å². The van der Waals surface area contributed by atoms with Gasteiger partial charge in [0.05, 0.1) is 5.52 Å². The highest BCUT2D eigenvalue weighted by Crippen LogP contribution is 2.49. The molecule has 7 nitrogen and oxygen atoms in total. The van der Waals surface area contributed by atoms with Crippen LogP contribution in [0.25, 0.3) is 10.9 Å². The van der Waals surface area contributed by atoms with Crippen molar-refractivity contribution < 1.29 is 22.7 Å². The van der Waals surface area contributed by atoms with Gasteiger partial charge < -0.3 is 19.9 Å². The van der Waals surface area contributed by atoms with Crippen molar-refractivity contribution in [2.75, 3.05) is 37.0 Å². The number of ether oxygens (including phenoxy) is 1. The smallest absolute Gasteiger partial charge is 0.369 e. The van der Waals surface area contributed by atoms with Crippen molar-refractivity contribution in [2.45, 2.75) is 49.5 Å². The summed E-state index contributed by atoms with van der Waals surface area (Å²) in [7, 11) is 1.08. The first-order chi connectivity index (χ1) is 15.2.